The van der Waals surface area contributed by atoms with Gasteiger partial charge in [-0.2, -0.15) is 0 Å². The molecule has 0 aliphatic heterocycles. The first-order valence-corrected chi connectivity index (χ1v) is 7.41. The van der Waals surface area contributed by atoms with Crippen LogP contribution >= 0.6 is 0 Å². The lowest BCUT2D eigenvalue weighted by Gasteiger charge is -2.24. The largest absolute Gasteiger partial charge is 0.402 e. The molecule has 1 aromatic rings. The Bertz CT molecular complexity index is 573. The Morgan fingerprint density at radius 2 is 2.29 bits per heavy atom. The average molecular weight is 287 g/mol. The predicted molar refractivity (Wildman–Crippen MR) is 90.0 cm³/mol. The van der Waals surface area contributed by atoms with Crippen LogP contribution < -0.4 is 11.1 Å². The maximum atomic E-state index is 11.9. The van der Waals surface area contributed by atoms with Gasteiger partial charge in [-0.1, -0.05) is 12.5 Å². The second-order valence-corrected chi connectivity index (χ2v) is 5.74. The normalized spacial score (nSPS) is 16.0. The van der Waals surface area contributed by atoms with Gasteiger partial charge in [0, 0.05) is 25.4 Å². The first-order valence-electron chi connectivity index (χ1n) is 7.41. The Morgan fingerprint density at radius 1 is 1.52 bits per heavy atom. The minimum atomic E-state index is 0. The molecular formula is C17H25N3O. The molecule has 1 aliphatic rings. The molecule has 1 amide bonds. The molecule has 4 heteroatoms. The van der Waals surface area contributed by atoms with Gasteiger partial charge in [0.15, 0.2) is 0 Å². The molecular weight excluding hydrogens is 262 g/mol. The van der Waals surface area contributed by atoms with E-state index in [1.807, 2.05) is 32.0 Å². The van der Waals surface area contributed by atoms with E-state index in [1.165, 1.54) is 19.3 Å². The summed E-state index contributed by atoms with van der Waals surface area (Å²) in [6.07, 6.45) is 7.68. The van der Waals surface area contributed by atoms with Crippen LogP contribution in [0.25, 0.3) is 0 Å². The molecule has 0 radical (unpaired) electrons. The highest BCUT2D eigenvalue weighted by Gasteiger charge is 2.20. The molecule has 0 unspecified atom stereocenters. The number of rotatable bonds is 5. The molecule has 1 aromatic carbocycles. The molecule has 21 heavy (non-hydrogen) atoms. The average Bonchev–Trinajstić information content (AvgIpc) is 2.37. The molecule has 3 N–H and O–H groups in total. The van der Waals surface area contributed by atoms with Crippen LogP contribution in [0.2, 0.25) is 0 Å². The Balaban J connectivity index is 0.00000242. The fraction of sp³-hybridized carbons (Fsp3) is 0.412. The number of allylic oxidation sites excluding steroid dienone is 2. The van der Waals surface area contributed by atoms with Gasteiger partial charge in [-0.15, -0.1) is 0 Å². The minimum Gasteiger partial charge on any atom is -0.402 e. The first-order chi connectivity index (χ1) is 10.0. The predicted octanol–water partition coefficient (Wildman–Crippen LogP) is 3.93. The number of hydrogen-bond donors (Lipinski definition) is 2. The number of aliphatic imine (C=N–C) groups is 1. The Labute approximate surface area is 127 Å². The molecule has 1 fully saturated rings. The molecule has 1 saturated carbocycles. The van der Waals surface area contributed by atoms with Crippen LogP contribution in [0.4, 0.5) is 11.4 Å². The number of nitrogens with two attached hydrogens (primary N) is 1. The van der Waals surface area contributed by atoms with Gasteiger partial charge in [0.2, 0.25) is 5.91 Å². The van der Waals surface area contributed by atoms with E-state index in [1.54, 1.807) is 12.3 Å². The summed E-state index contributed by atoms with van der Waals surface area (Å²) in [4.78, 5) is 16.3. The van der Waals surface area contributed by atoms with Crippen LogP contribution in [0.1, 0.15) is 39.6 Å². The number of amides is 1. The van der Waals surface area contributed by atoms with Crippen molar-refractivity contribution in [1.82, 2.24) is 0 Å². The van der Waals surface area contributed by atoms with Gasteiger partial charge in [-0.3, -0.25) is 9.79 Å². The number of nitrogens with zero attached hydrogens (tertiary/aromatic N) is 1. The van der Waals surface area contributed by atoms with Crippen LogP contribution in [0.15, 0.2) is 35.0 Å². The van der Waals surface area contributed by atoms with Crippen molar-refractivity contribution in [3.63, 3.8) is 0 Å². The van der Waals surface area contributed by atoms with E-state index in [-0.39, 0.29) is 7.33 Å². The quantitative estimate of drug-likeness (QED) is 0.806. The summed E-state index contributed by atoms with van der Waals surface area (Å²) in [6.45, 7) is 3.81. The minimum absolute atomic E-state index is 0. The van der Waals surface area contributed by atoms with Crippen LogP contribution in [0.3, 0.4) is 0 Å². The topological polar surface area (TPSA) is 67.5 Å². The number of benzene rings is 1. The van der Waals surface area contributed by atoms with Gasteiger partial charge < -0.3 is 11.1 Å². The molecule has 0 bridgehead atoms. The van der Waals surface area contributed by atoms with E-state index >= 15 is 0 Å². The molecule has 0 heterocycles. The molecule has 0 atom stereocenters. The van der Waals surface area contributed by atoms with E-state index in [0.29, 0.717) is 18.0 Å². The standard InChI is InChI=1S/C17H23N3O.H2/c1-12-6-7-15(11-16(12)19-9-8-13(2)18)20-17(21)10-14-4-3-5-14;/h6-9,11,14H,3-5,10,18H2,1-2H3,(H,20,21);1H/b13-8-,19-9?;. The van der Waals surface area contributed by atoms with E-state index in [0.717, 1.165) is 16.9 Å². The van der Waals surface area contributed by atoms with E-state index in [4.69, 9.17) is 5.73 Å². The second kappa shape index (κ2) is 7.07. The van der Waals surface area contributed by atoms with Crippen LogP contribution in [0, 0.1) is 12.8 Å². The number of aryl methyl sites for hydroxylation is 1. The zero-order valence-electron chi connectivity index (χ0n) is 12.7. The number of carbonyl (C=O) groups is 1. The fourth-order valence-electron chi connectivity index (χ4n) is 2.23. The molecule has 114 valence electrons. The lowest BCUT2D eigenvalue weighted by molar-refractivity contribution is -0.117. The summed E-state index contributed by atoms with van der Waals surface area (Å²) in [7, 11) is 0. The first kappa shape index (κ1) is 15.3. The van der Waals surface area contributed by atoms with Crippen molar-refractivity contribution >= 4 is 23.5 Å². The van der Waals surface area contributed by atoms with Gasteiger partial charge in [0.1, 0.15) is 0 Å². The number of carbonyl (C=O) groups excluding carboxylic acids is 1. The summed E-state index contributed by atoms with van der Waals surface area (Å²) >= 11 is 0. The summed E-state index contributed by atoms with van der Waals surface area (Å²) in [5.41, 5.74) is 8.98. The third kappa shape index (κ3) is 4.74. The summed E-state index contributed by atoms with van der Waals surface area (Å²) < 4.78 is 0. The third-order valence-electron chi connectivity index (χ3n) is 3.74. The molecule has 2 rings (SSSR count). The van der Waals surface area contributed by atoms with Gasteiger partial charge in [-0.25, -0.2) is 0 Å². The van der Waals surface area contributed by atoms with Crippen LogP contribution in [0.5, 0.6) is 0 Å². The smallest absolute Gasteiger partial charge is 0.224 e. The van der Waals surface area contributed by atoms with Crippen molar-refractivity contribution in [2.75, 3.05) is 5.32 Å². The fourth-order valence-corrected chi connectivity index (χ4v) is 2.23. The molecule has 0 spiro atoms. The maximum Gasteiger partial charge on any atom is 0.224 e. The van der Waals surface area contributed by atoms with Gasteiger partial charge >= 0.3 is 0 Å². The lowest BCUT2D eigenvalue weighted by atomic mass is 9.83. The van der Waals surface area contributed by atoms with E-state index < -0.39 is 0 Å². The van der Waals surface area contributed by atoms with Crippen molar-refractivity contribution in [2.24, 2.45) is 16.6 Å². The SMILES string of the molecule is C/C(N)=C/C=Nc1cc(NC(=O)CC2CCC2)ccc1C.[HH]. The summed E-state index contributed by atoms with van der Waals surface area (Å²) in [5, 5.41) is 2.95. The molecule has 4 nitrogen and oxygen atoms in total. The van der Waals surface area contributed by atoms with Gasteiger partial charge in [0.05, 0.1) is 5.69 Å². The number of nitrogens with one attached hydrogen (secondary N) is 1. The second-order valence-electron chi connectivity index (χ2n) is 5.74. The Hall–Kier alpha value is -2.10. The molecule has 1 aliphatic carbocycles. The zero-order chi connectivity index (χ0) is 15.2. The molecule has 0 aromatic heterocycles. The monoisotopic (exact) mass is 287 g/mol. The number of anilines is 1. The van der Waals surface area contributed by atoms with E-state index in [9.17, 15) is 4.79 Å². The number of hydrogen-bond acceptors (Lipinski definition) is 3. The lowest BCUT2D eigenvalue weighted by Crippen LogP contribution is -2.20. The Kier molecular flexibility index (Phi) is 5.14. The Morgan fingerprint density at radius 3 is 2.90 bits per heavy atom. The van der Waals surface area contributed by atoms with E-state index in [2.05, 4.69) is 10.3 Å². The van der Waals surface area contributed by atoms with Crippen LogP contribution in [-0.2, 0) is 4.79 Å². The summed E-state index contributed by atoms with van der Waals surface area (Å²) in [6, 6.07) is 5.77. The zero-order valence-corrected chi connectivity index (χ0v) is 12.7. The van der Waals surface area contributed by atoms with Crippen LogP contribution in [-0.4, -0.2) is 12.1 Å². The van der Waals surface area contributed by atoms with Crippen molar-refractivity contribution in [3.05, 3.63) is 35.5 Å². The van der Waals surface area contributed by atoms with Gasteiger partial charge in [0.25, 0.3) is 0 Å². The highest BCUT2D eigenvalue weighted by atomic mass is 16.1. The highest BCUT2D eigenvalue weighted by Crippen LogP contribution is 2.30. The third-order valence-corrected chi connectivity index (χ3v) is 3.74. The summed E-state index contributed by atoms with van der Waals surface area (Å²) in [5.74, 6) is 0.668. The highest BCUT2D eigenvalue weighted by molar-refractivity contribution is 5.91. The van der Waals surface area contributed by atoms with Crippen molar-refractivity contribution in [3.8, 4) is 0 Å². The molecule has 0 saturated heterocycles. The van der Waals surface area contributed by atoms with Crippen molar-refractivity contribution in [2.45, 2.75) is 39.5 Å². The van der Waals surface area contributed by atoms with Crippen molar-refractivity contribution < 1.29 is 6.22 Å². The maximum absolute atomic E-state index is 11.9. The van der Waals surface area contributed by atoms with Gasteiger partial charge in [-0.05, 0) is 56.4 Å². The van der Waals surface area contributed by atoms with Crippen molar-refractivity contribution in [1.29, 1.82) is 0 Å².